The molecule has 0 bridgehead atoms. The van der Waals surface area contributed by atoms with Gasteiger partial charge in [-0.3, -0.25) is 4.79 Å². The average Bonchev–Trinajstić information content (AvgIpc) is 3.27. The predicted molar refractivity (Wildman–Crippen MR) is 158 cm³/mol. The van der Waals surface area contributed by atoms with E-state index in [0.29, 0.717) is 22.8 Å². The summed E-state index contributed by atoms with van der Waals surface area (Å²) >= 11 is 6.69. The standard InChI is InChI=1S/C30H34ClN5O4S/c1-6-21-17-36(41(38,39)26-10-8-7-9-25(26)40-21)16-20-15-19(11-13-23(20)31)27(30(3,4)29(32)37)22-12-14-24-28(18(22)2)33-34-35(24)5/h7-15,21,27H,6,16-17H2,1-5H3,(H2,32,37)/t21-,27?/m1/s1. The van der Waals surface area contributed by atoms with E-state index in [1.54, 1.807) is 35.0 Å². The number of aromatic nitrogens is 3. The number of fused-ring (bicyclic) bond motifs is 2. The number of hydrogen-bond acceptors (Lipinski definition) is 6. The summed E-state index contributed by atoms with van der Waals surface area (Å²) in [6.45, 7) is 7.76. The first-order valence-electron chi connectivity index (χ1n) is 13.5. The van der Waals surface area contributed by atoms with Gasteiger partial charge in [0.05, 0.1) is 17.5 Å². The van der Waals surface area contributed by atoms with Gasteiger partial charge < -0.3 is 10.5 Å². The lowest BCUT2D eigenvalue weighted by molar-refractivity contribution is -0.126. The number of nitrogens with two attached hydrogens (primary N) is 1. The highest BCUT2D eigenvalue weighted by Crippen LogP contribution is 2.44. The number of ether oxygens (including phenoxy) is 1. The van der Waals surface area contributed by atoms with Gasteiger partial charge in [-0.15, -0.1) is 5.10 Å². The Morgan fingerprint density at radius 1 is 1.20 bits per heavy atom. The lowest BCUT2D eigenvalue weighted by Gasteiger charge is -2.34. The molecule has 0 aliphatic carbocycles. The number of benzene rings is 3. The van der Waals surface area contributed by atoms with Crippen LogP contribution in [0, 0.1) is 12.3 Å². The van der Waals surface area contributed by atoms with Crippen LogP contribution in [-0.2, 0) is 28.4 Å². The highest BCUT2D eigenvalue weighted by Gasteiger charge is 2.39. The molecule has 0 fully saturated rings. The molecule has 0 saturated carbocycles. The average molecular weight is 596 g/mol. The number of sulfonamides is 1. The largest absolute Gasteiger partial charge is 0.488 e. The number of carbonyl (C=O) groups is 1. The minimum atomic E-state index is -3.88. The van der Waals surface area contributed by atoms with Crippen molar-refractivity contribution in [1.82, 2.24) is 19.3 Å². The van der Waals surface area contributed by atoms with Gasteiger partial charge in [0.25, 0.3) is 0 Å². The van der Waals surface area contributed by atoms with Crippen LogP contribution >= 0.6 is 11.6 Å². The lowest BCUT2D eigenvalue weighted by Crippen LogP contribution is -2.38. The molecular formula is C30H34ClN5O4S. The minimum absolute atomic E-state index is 0.0368. The van der Waals surface area contributed by atoms with E-state index in [2.05, 4.69) is 10.3 Å². The summed E-state index contributed by atoms with van der Waals surface area (Å²) in [5, 5.41) is 8.92. The van der Waals surface area contributed by atoms with Crippen LogP contribution in [0.3, 0.4) is 0 Å². The molecule has 4 aromatic rings. The van der Waals surface area contributed by atoms with Crippen molar-refractivity contribution in [3.05, 3.63) is 81.9 Å². The Morgan fingerprint density at radius 2 is 1.93 bits per heavy atom. The summed E-state index contributed by atoms with van der Waals surface area (Å²) in [6.07, 6.45) is 0.311. The molecule has 1 unspecified atom stereocenters. The number of primary amides is 1. The van der Waals surface area contributed by atoms with Gasteiger partial charge in [-0.05, 0) is 59.9 Å². The minimum Gasteiger partial charge on any atom is -0.488 e. The number of para-hydroxylation sites is 1. The van der Waals surface area contributed by atoms with Crippen molar-refractivity contribution in [2.75, 3.05) is 6.54 Å². The molecule has 0 radical (unpaired) electrons. The van der Waals surface area contributed by atoms with Crippen LogP contribution in [0.2, 0.25) is 5.02 Å². The van der Waals surface area contributed by atoms with Crippen LogP contribution < -0.4 is 10.5 Å². The van der Waals surface area contributed by atoms with Gasteiger partial charge in [0.15, 0.2) is 0 Å². The number of rotatable bonds is 7. The van der Waals surface area contributed by atoms with Crippen LogP contribution in [0.4, 0.5) is 0 Å². The van der Waals surface area contributed by atoms with Gasteiger partial charge in [0.1, 0.15) is 22.3 Å². The van der Waals surface area contributed by atoms with Crippen LogP contribution in [0.15, 0.2) is 59.5 Å². The van der Waals surface area contributed by atoms with Crippen LogP contribution in [-0.4, -0.2) is 46.3 Å². The number of halogens is 1. The van der Waals surface area contributed by atoms with E-state index in [1.807, 2.05) is 59.0 Å². The van der Waals surface area contributed by atoms with Gasteiger partial charge in [-0.1, -0.05) is 67.9 Å². The van der Waals surface area contributed by atoms with Crippen LogP contribution in [0.5, 0.6) is 5.75 Å². The zero-order chi connectivity index (χ0) is 29.7. The third kappa shape index (κ3) is 5.09. The van der Waals surface area contributed by atoms with E-state index in [1.165, 1.54) is 4.31 Å². The predicted octanol–water partition coefficient (Wildman–Crippen LogP) is 4.94. The molecule has 11 heteroatoms. The fourth-order valence-corrected chi connectivity index (χ4v) is 7.33. The molecule has 1 amide bonds. The first-order valence-corrected chi connectivity index (χ1v) is 15.3. The molecule has 1 aliphatic rings. The zero-order valence-corrected chi connectivity index (χ0v) is 25.3. The highest BCUT2D eigenvalue weighted by atomic mass is 35.5. The Labute approximate surface area is 245 Å². The van der Waals surface area contributed by atoms with Crippen molar-refractivity contribution in [3.63, 3.8) is 0 Å². The second-order valence-electron chi connectivity index (χ2n) is 11.1. The summed E-state index contributed by atoms with van der Waals surface area (Å²) in [5.74, 6) is -0.581. The second-order valence-corrected chi connectivity index (χ2v) is 13.4. The SMILES string of the molecule is CC[C@@H]1CN(Cc2cc(C(c3ccc4c(nnn4C)c3C)C(C)(C)C(N)=O)ccc2Cl)S(=O)(=O)c2ccccc2O1. The third-order valence-electron chi connectivity index (χ3n) is 8.12. The zero-order valence-electron chi connectivity index (χ0n) is 23.8. The molecule has 3 aromatic carbocycles. The topological polar surface area (TPSA) is 120 Å². The molecule has 1 aromatic heterocycles. The van der Waals surface area contributed by atoms with Gasteiger partial charge in [-0.2, -0.15) is 4.31 Å². The first-order chi connectivity index (χ1) is 19.4. The Balaban J connectivity index is 1.62. The Hall–Kier alpha value is -3.47. The fraction of sp³-hybridized carbons (Fsp3) is 0.367. The highest BCUT2D eigenvalue weighted by molar-refractivity contribution is 7.89. The maximum Gasteiger partial charge on any atom is 0.247 e. The van der Waals surface area contributed by atoms with E-state index >= 15 is 0 Å². The van der Waals surface area contributed by atoms with Crippen molar-refractivity contribution in [3.8, 4) is 5.75 Å². The Bertz CT molecular complexity index is 1750. The maximum absolute atomic E-state index is 13.8. The van der Waals surface area contributed by atoms with E-state index in [-0.39, 0.29) is 24.1 Å². The molecule has 2 heterocycles. The lowest BCUT2D eigenvalue weighted by atomic mass is 9.69. The van der Waals surface area contributed by atoms with E-state index in [0.717, 1.165) is 27.7 Å². The number of amides is 1. The van der Waals surface area contributed by atoms with Gasteiger partial charge in [-0.25, -0.2) is 13.1 Å². The second kappa shape index (κ2) is 10.7. The summed E-state index contributed by atoms with van der Waals surface area (Å²) in [4.78, 5) is 13.0. The summed E-state index contributed by atoms with van der Waals surface area (Å²) in [7, 11) is -2.05. The number of carbonyl (C=O) groups excluding carboxylic acids is 1. The molecule has 0 spiro atoms. The molecule has 2 N–H and O–H groups in total. The molecule has 9 nitrogen and oxygen atoms in total. The summed E-state index contributed by atoms with van der Waals surface area (Å²) in [6, 6.07) is 16.1. The van der Waals surface area contributed by atoms with Gasteiger partial charge in [0.2, 0.25) is 15.9 Å². The molecular weight excluding hydrogens is 562 g/mol. The van der Waals surface area contributed by atoms with Crippen molar-refractivity contribution in [1.29, 1.82) is 0 Å². The number of aryl methyl sites for hydroxylation is 2. The Kier molecular flexibility index (Phi) is 7.61. The van der Waals surface area contributed by atoms with Crippen molar-refractivity contribution in [2.45, 2.75) is 57.6 Å². The van der Waals surface area contributed by atoms with E-state index < -0.39 is 27.3 Å². The molecule has 2 atom stereocenters. The van der Waals surface area contributed by atoms with Crippen molar-refractivity contribution < 1.29 is 17.9 Å². The molecule has 41 heavy (non-hydrogen) atoms. The molecule has 1 aliphatic heterocycles. The van der Waals surface area contributed by atoms with Crippen molar-refractivity contribution in [2.24, 2.45) is 18.2 Å². The van der Waals surface area contributed by atoms with E-state index in [9.17, 15) is 13.2 Å². The van der Waals surface area contributed by atoms with Gasteiger partial charge >= 0.3 is 0 Å². The van der Waals surface area contributed by atoms with Crippen LogP contribution in [0.25, 0.3) is 11.0 Å². The smallest absolute Gasteiger partial charge is 0.247 e. The quantitative estimate of drug-likeness (QED) is 0.323. The number of hydrogen-bond donors (Lipinski definition) is 1. The maximum atomic E-state index is 13.8. The Morgan fingerprint density at radius 3 is 2.63 bits per heavy atom. The van der Waals surface area contributed by atoms with E-state index in [4.69, 9.17) is 22.1 Å². The third-order valence-corrected chi connectivity index (χ3v) is 10.3. The van der Waals surface area contributed by atoms with Gasteiger partial charge in [0, 0.05) is 24.5 Å². The fourth-order valence-electron chi connectivity index (χ4n) is 5.58. The molecule has 0 saturated heterocycles. The van der Waals surface area contributed by atoms with Crippen LogP contribution in [0.1, 0.15) is 55.4 Å². The normalized spacial score (nSPS) is 18.0. The molecule has 5 rings (SSSR count). The summed E-state index contributed by atoms with van der Waals surface area (Å²) < 4.78 is 36.8. The molecule has 216 valence electrons. The first kappa shape index (κ1) is 29.0. The monoisotopic (exact) mass is 595 g/mol. The summed E-state index contributed by atoms with van der Waals surface area (Å²) in [5.41, 5.74) is 9.75. The number of nitrogens with zero attached hydrogens (tertiary/aromatic N) is 4. The van der Waals surface area contributed by atoms with Crippen molar-refractivity contribution >= 4 is 38.6 Å².